The number of rotatable bonds is 5. The first-order chi connectivity index (χ1) is 13.9. The number of benzene rings is 1. The molecule has 1 N–H and O–H groups in total. The van der Waals surface area contributed by atoms with Gasteiger partial charge >= 0.3 is 5.97 Å². The Morgan fingerprint density at radius 3 is 2.52 bits per heavy atom. The lowest BCUT2D eigenvalue weighted by Gasteiger charge is -2.12. The fourth-order valence-corrected chi connectivity index (χ4v) is 2.22. The number of carboxylic acids is 1. The summed E-state index contributed by atoms with van der Waals surface area (Å²) in [6, 6.07) is 8.32. The molecule has 0 aliphatic heterocycles. The van der Waals surface area contributed by atoms with Crippen LogP contribution in [-0.2, 0) is 4.79 Å². The van der Waals surface area contributed by atoms with E-state index in [2.05, 4.69) is 17.6 Å². The Balaban J connectivity index is 0.000000664. The van der Waals surface area contributed by atoms with Crippen LogP contribution in [0.1, 0.15) is 39.0 Å². The molecule has 0 radical (unpaired) electrons. The highest BCUT2D eigenvalue weighted by Gasteiger charge is 2.16. The van der Waals surface area contributed by atoms with Crippen LogP contribution in [0.15, 0.2) is 54.8 Å². The Morgan fingerprint density at radius 1 is 1.41 bits per heavy atom. The summed E-state index contributed by atoms with van der Waals surface area (Å²) in [4.78, 5) is 14.2. The second kappa shape index (κ2) is 13.7. The molecule has 6 heteroatoms. The van der Waals surface area contributed by atoms with E-state index in [4.69, 9.17) is 9.84 Å². The summed E-state index contributed by atoms with van der Waals surface area (Å²) in [5.41, 5.74) is 2.08. The molecule has 0 spiro atoms. The summed E-state index contributed by atoms with van der Waals surface area (Å²) >= 11 is 0. The van der Waals surface area contributed by atoms with Crippen molar-refractivity contribution in [2.45, 2.75) is 34.6 Å². The summed E-state index contributed by atoms with van der Waals surface area (Å²) < 4.78 is 19.5. The molecule has 0 bridgehead atoms. The summed E-state index contributed by atoms with van der Waals surface area (Å²) in [5.74, 6) is -0.930. The number of hydrogen-bond acceptors (Lipinski definition) is 4. The third kappa shape index (κ3) is 7.59. The molecule has 1 aromatic heterocycles. The van der Waals surface area contributed by atoms with Crippen molar-refractivity contribution in [1.82, 2.24) is 4.98 Å². The number of aryl methyl sites for hydroxylation is 1. The number of nitrogens with zero attached hydrogens (tertiary/aromatic N) is 2. The van der Waals surface area contributed by atoms with Crippen molar-refractivity contribution in [3.8, 4) is 22.9 Å². The quantitative estimate of drug-likeness (QED) is 0.516. The number of nitriles is 1. The van der Waals surface area contributed by atoms with E-state index in [1.54, 1.807) is 32.0 Å². The van der Waals surface area contributed by atoms with Crippen molar-refractivity contribution in [2.75, 3.05) is 6.61 Å². The van der Waals surface area contributed by atoms with Gasteiger partial charge in [-0.2, -0.15) is 5.26 Å². The number of carboxylic acid groups (broad SMARTS) is 1. The van der Waals surface area contributed by atoms with Crippen molar-refractivity contribution >= 4 is 5.97 Å². The van der Waals surface area contributed by atoms with Crippen molar-refractivity contribution in [1.29, 1.82) is 5.26 Å². The zero-order valence-corrected chi connectivity index (χ0v) is 17.5. The van der Waals surface area contributed by atoms with E-state index in [0.717, 1.165) is 5.69 Å². The number of aromatic nitrogens is 1. The van der Waals surface area contributed by atoms with E-state index in [1.807, 2.05) is 20.8 Å². The first kappa shape index (κ1) is 25.5. The molecule has 1 aromatic carbocycles. The van der Waals surface area contributed by atoms with E-state index in [1.165, 1.54) is 24.4 Å². The van der Waals surface area contributed by atoms with E-state index in [0.29, 0.717) is 23.5 Å². The normalized spacial score (nSPS) is 9.76. The molecule has 5 nitrogen and oxygen atoms in total. The van der Waals surface area contributed by atoms with Gasteiger partial charge in [0.2, 0.25) is 0 Å². The minimum atomic E-state index is -0.928. The Morgan fingerprint density at radius 2 is 2.07 bits per heavy atom. The number of pyridine rings is 1. The fourth-order valence-electron chi connectivity index (χ4n) is 2.22. The van der Waals surface area contributed by atoms with Crippen molar-refractivity contribution in [3.63, 3.8) is 0 Å². The second-order valence-corrected chi connectivity index (χ2v) is 5.28. The third-order valence-corrected chi connectivity index (χ3v) is 3.48. The van der Waals surface area contributed by atoms with Gasteiger partial charge in [-0.15, -0.1) is 0 Å². The molecule has 2 aromatic rings. The smallest absolute Gasteiger partial charge is 0.335 e. The van der Waals surface area contributed by atoms with Crippen LogP contribution in [0.2, 0.25) is 0 Å². The van der Waals surface area contributed by atoms with Crippen molar-refractivity contribution in [2.24, 2.45) is 0 Å². The van der Waals surface area contributed by atoms with Crippen molar-refractivity contribution < 1.29 is 19.0 Å². The zero-order chi connectivity index (χ0) is 22.4. The fraction of sp³-hybridized carbons (Fsp3) is 0.261. The summed E-state index contributed by atoms with van der Waals surface area (Å²) in [7, 11) is 0. The molecular formula is C23H27FN2O3. The molecular weight excluding hydrogens is 371 g/mol. The molecule has 0 aliphatic rings. The number of hydrogen-bond donors (Lipinski definition) is 1. The highest BCUT2D eigenvalue weighted by molar-refractivity contribution is 5.89. The molecule has 1 heterocycles. The predicted molar refractivity (Wildman–Crippen MR) is 113 cm³/mol. The van der Waals surface area contributed by atoms with Gasteiger partial charge < -0.3 is 9.84 Å². The summed E-state index contributed by atoms with van der Waals surface area (Å²) in [6.07, 6.45) is 4.31. The van der Waals surface area contributed by atoms with Gasteiger partial charge in [0.05, 0.1) is 29.4 Å². The van der Waals surface area contributed by atoms with E-state index >= 15 is 0 Å². The number of halogens is 1. The molecule has 0 amide bonds. The van der Waals surface area contributed by atoms with Crippen LogP contribution in [0.4, 0.5) is 4.39 Å². The minimum Gasteiger partial charge on any atom is -0.493 e. The third-order valence-electron chi connectivity index (χ3n) is 3.48. The molecule has 0 saturated heterocycles. The molecule has 0 aliphatic carbocycles. The van der Waals surface area contributed by atoms with Crippen LogP contribution in [0, 0.1) is 24.1 Å². The lowest BCUT2D eigenvalue weighted by molar-refractivity contribution is -0.132. The minimum absolute atomic E-state index is 0.241. The van der Waals surface area contributed by atoms with Crippen LogP contribution < -0.4 is 4.74 Å². The number of aliphatic carboxylic acids is 1. The summed E-state index contributed by atoms with van der Waals surface area (Å²) in [5, 5.41) is 17.4. The maximum absolute atomic E-state index is 14.1. The first-order valence-electron chi connectivity index (χ1n) is 9.20. The van der Waals surface area contributed by atoms with Gasteiger partial charge in [-0.25, -0.2) is 9.18 Å². The van der Waals surface area contributed by atoms with E-state index in [-0.39, 0.29) is 11.1 Å². The van der Waals surface area contributed by atoms with Crippen molar-refractivity contribution in [3.05, 3.63) is 71.8 Å². The highest BCUT2D eigenvalue weighted by atomic mass is 19.1. The average molecular weight is 398 g/mol. The number of carbonyl (C=O) groups is 1. The van der Waals surface area contributed by atoms with Gasteiger partial charge in [0.1, 0.15) is 11.6 Å². The highest BCUT2D eigenvalue weighted by Crippen LogP contribution is 2.34. The maximum Gasteiger partial charge on any atom is 0.335 e. The van der Waals surface area contributed by atoms with Gasteiger partial charge in [0.25, 0.3) is 0 Å². The second-order valence-electron chi connectivity index (χ2n) is 5.28. The first-order valence-corrected chi connectivity index (χ1v) is 9.20. The molecule has 0 fully saturated rings. The van der Waals surface area contributed by atoms with Crippen LogP contribution in [0.25, 0.3) is 11.1 Å². The number of ether oxygens (including phenoxy) is 1. The Bertz CT molecular complexity index is 899. The van der Waals surface area contributed by atoms with E-state index in [9.17, 15) is 14.4 Å². The SMILES string of the molecule is C=C/C(=C\C)C(=O)O.CC.CCOc1cccc(F)c1-c1cnc(C)cc1C#N. The van der Waals surface area contributed by atoms with Crippen LogP contribution in [0.3, 0.4) is 0 Å². The Hall–Kier alpha value is -3.46. The monoisotopic (exact) mass is 398 g/mol. The standard InChI is InChI=1S/C15H13FN2O.C6H8O2.C2H6/c1-3-19-14-6-4-5-13(16)15(14)12-9-18-10(2)7-11(12)8-17;1-3-5(4-2)6(7)8;1-2/h4-7,9H,3H2,1-2H3;3-4H,1H2,2H3,(H,7,8);1-2H3/b;5-4+;. The molecule has 0 saturated carbocycles. The van der Waals surface area contributed by atoms with Crippen LogP contribution in [0.5, 0.6) is 5.75 Å². The molecule has 0 unspecified atom stereocenters. The molecule has 154 valence electrons. The molecule has 0 atom stereocenters. The topological polar surface area (TPSA) is 83.2 Å². The van der Waals surface area contributed by atoms with Gasteiger partial charge in [0, 0.05) is 17.5 Å². The Labute approximate surface area is 171 Å². The van der Waals surface area contributed by atoms with Crippen LogP contribution in [-0.4, -0.2) is 22.7 Å². The van der Waals surface area contributed by atoms with Gasteiger partial charge in [-0.1, -0.05) is 38.6 Å². The van der Waals surface area contributed by atoms with Gasteiger partial charge in [0.15, 0.2) is 0 Å². The van der Waals surface area contributed by atoms with Crippen LogP contribution >= 0.6 is 0 Å². The maximum atomic E-state index is 14.1. The average Bonchev–Trinajstić information content (AvgIpc) is 2.71. The summed E-state index contributed by atoms with van der Waals surface area (Å²) in [6.45, 7) is 13.0. The van der Waals surface area contributed by atoms with Gasteiger partial charge in [-0.05, 0) is 39.0 Å². The van der Waals surface area contributed by atoms with E-state index < -0.39 is 11.8 Å². The predicted octanol–water partition coefficient (Wildman–Crippen LogP) is 5.70. The zero-order valence-electron chi connectivity index (χ0n) is 17.5. The Kier molecular flexibility index (Phi) is 12.0. The lowest BCUT2D eigenvalue weighted by Crippen LogP contribution is -1.98. The lowest BCUT2D eigenvalue weighted by atomic mass is 10.0. The van der Waals surface area contributed by atoms with Gasteiger partial charge in [-0.3, -0.25) is 4.98 Å². The molecule has 29 heavy (non-hydrogen) atoms. The largest absolute Gasteiger partial charge is 0.493 e. The molecule has 2 rings (SSSR count). The number of allylic oxidation sites excluding steroid dienone is 1.